The fourth-order valence-corrected chi connectivity index (χ4v) is 4.20. The smallest absolute Gasteiger partial charge is 0.321 e. The number of amides is 4. The van der Waals surface area contributed by atoms with E-state index in [4.69, 9.17) is 4.74 Å². The molecule has 192 valence electrons. The van der Waals surface area contributed by atoms with E-state index in [1.165, 1.54) is 0 Å². The summed E-state index contributed by atoms with van der Waals surface area (Å²) in [5, 5.41) is 15.6. The number of likely N-dealkylation sites (N-methyl/N-ethyl adjacent to an activating group) is 1. The first-order valence-corrected chi connectivity index (χ1v) is 12.4. The zero-order valence-corrected chi connectivity index (χ0v) is 20.9. The molecular formula is C27H34N4O5. The number of carbonyl (C=O) groups is 3. The molecular weight excluding hydrogens is 460 g/mol. The molecule has 0 spiro atoms. The van der Waals surface area contributed by atoms with Gasteiger partial charge in [-0.2, -0.15) is 0 Å². The van der Waals surface area contributed by atoms with Crippen molar-refractivity contribution in [3.05, 3.63) is 54.1 Å². The van der Waals surface area contributed by atoms with Crippen molar-refractivity contribution in [2.45, 2.75) is 38.8 Å². The van der Waals surface area contributed by atoms with Crippen molar-refractivity contribution >= 4 is 29.2 Å². The number of ether oxygens (including phenoxy) is 1. The first-order valence-electron chi connectivity index (χ1n) is 12.4. The summed E-state index contributed by atoms with van der Waals surface area (Å²) in [7, 11) is 1.70. The highest BCUT2D eigenvalue weighted by molar-refractivity contribution is 6.00. The van der Waals surface area contributed by atoms with Gasteiger partial charge in [-0.15, -0.1) is 0 Å². The summed E-state index contributed by atoms with van der Waals surface area (Å²) in [6.45, 7) is 4.20. The molecule has 0 aromatic heterocycles. The van der Waals surface area contributed by atoms with Gasteiger partial charge in [0, 0.05) is 36.8 Å². The van der Waals surface area contributed by atoms with E-state index in [9.17, 15) is 19.5 Å². The highest BCUT2D eigenvalue weighted by Gasteiger charge is 2.35. The Labute approximate surface area is 211 Å². The van der Waals surface area contributed by atoms with Crippen LogP contribution >= 0.6 is 0 Å². The predicted octanol–water partition coefficient (Wildman–Crippen LogP) is 3.42. The number of carbonyl (C=O) groups excluding carboxylic acids is 3. The van der Waals surface area contributed by atoms with Gasteiger partial charge < -0.3 is 30.3 Å². The van der Waals surface area contributed by atoms with Crippen LogP contribution in [0, 0.1) is 11.8 Å². The molecule has 2 aromatic rings. The molecule has 4 amide bonds. The lowest BCUT2D eigenvalue weighted by atomic mass is 9.99. The maximum atomic E-state index is 13.5. The van der Waals surface area contributed by atoms with Crippen molar-refractivity contribution in [2.24, 2.45) is 11.8 Å². The SMILES string of the molecule is C[C@@H]1CN([C@@H](C)CO)C(=O)c2cc(NC(=O)C3CC3)ccc2O[C@H]1CN(C)C(=O)Nc1ccccc1. The van der Waals surface area contributed by atoms with E-state index in [1.807, 2.05) is 37.3 Å². The highest BCUT2D eigenvalue weighted by atomic mass is 16.5. The summed E-state index contributed by atoms with van der Waals surface area (Å²) in [6.07, 6.45) is 1.35. The Kier molecular flexibility index (Phi) is 7.79. The second-order valence-corrected chi connectivity index (χ2v) is 9.77. The average molecular weight is 495 g/mol. The summed E-state index contributed by atoms with van der Waals surface area (Å²) in [5.74, 6) is -0.0280. The minimum atomic E-state index is -0.413. The molecule has 2 aromatic carbocycles. The van der Waals surface area contributed by atoms with Gasteiger partial charge in [-0.1, -0.05) is 25.1 Å². The van der Waals surface area contributed by atoms with Crippen LogP contribution in [0.3, 0.4) is 0 Å². The predicted molar refractivity (Wildman–Crippen MR) is 137 cm³/mol. The minimum Gasteiger partial charge on any atom is -0.487 e. The van der Waals surface area contributed by atoms with Crippen LogP contribution in [0.2, 0.25) is 0 Å². The molecule has 9 heteroatoms. The number of anilines is 2. The number of para-hydroxylation sites is 1. The zero-order chi connectivity index (χ0) is 25.8. The topological polar surface area (TPSA) is 111 Å². The maximum absolute atomic E-state index is 13.5. The van der Waals surface area contributed by atoms with Crippen molar-refractivity contribution < 1.29 is 24.2 Å². The van der Waals surface area contributed by atoms with Crippen molar-refractivity contribution in [1.29, 1.82) is 0 Å². The van der Waals surface area contributed by atoms with E-state index in [0.29, 0.717) is 29.2 Å². The Morgan fingerprint density at radius 1 is 1.14 bits per heavy atom. The van der Waals surface area contributed by atoms with Gasteiger partial charge in [-0.25, -0.2) is 4.79 Å². The second-order valence-electron chi connectivity index (χ2n) is 9.77. The number of aliphatic hydroxyl groups is 1. The average Bonchev–Trinajstić information content (AvgIpc) is 3.72. The standard InChI is InChI=1S/C27H34N4O5/c1-17-14-31(18(2)16-32)26(34)22-13-21(28-25(33)19-9-10-19)11-12-23(22)36-24(17)15-30(3)27(35)29-20-7-5-4-6-8-20/h4-8,11-13,17-19,24,32H,9-10,14-16H2,1-3H3,(H,28,33)(H,29,35)/t17-,18+,24+/m1/s1. The summed E-state index contributed by atoms with van der Waals surface area (Å²) < 4.78 is 6.33. The largest absolute Gasteiger partial charge is 0.487 e. The Hall–Kier alpha value is -3.59. The summed E-state index contributed by atoms with van der Waals surface area (Å²) in [4.78, 5) is 41.8. The molecule has 4 rings (SSSR count). The molecule has 0 saturated heterocycles. The number of nitrogens with zero attached hydrogens (tertiary/aromatic N) is 2. The number of urea groups is 1. The van der Waals surface area contributed by atoms with Gasteiger partial charge in [-0.05, 0) is 50.1 Å². The number of hydrogen-bond donors (Lipinski definition) is 3. The van der Waals surface area contributed by atoms with Crippen LogP contribution in [0.25, 0.3) is 0 Å². The monoisotopic (exact) mass is 494 g/mol. The van der Waals surface area contributed by atoms with Gasteiger partial charge >= 0.3 is 6.03 Å². The van der Waals surface area contributed by atoms with Crippen LogP contribution < -0.4 is 15.4 Å². The van der Waals surface area contributed by atoms with Crippen LogP contribution in [-0.2, 0) is 4.79 Å². The highest BCUT2D eigenvalue weighted by Crippen LogP contribution is 2.33. The molecule has 36 heavy (non-hydrogen) atoms. The number of nitrogens with one attached hydrogen (secondary N) is 2. The summed E-state index contributed by atoms with van der Waals surface area (Å²) >= 11 is 0. The molecule has 1 heterocycles. The fourth-order valence-electron chi connectivity index (χ4n) is 4.20. The van der Waals surface area contributed by atoms with Crippen molar-refractivity contribution in [3.63, 3.8) is 0 Å². The number of fused-ring (bicyclic) bond motifs is 1. The van der Waals surface area contributed by atoms with Gasteiger partial charge in [-0.3, -0.25) is 9.59 Å². The van der Waals surface area contributed by atoms with E-state index >= 15 is 0 Å². The summed E-state index contributed by atoms with van der Waals surface area (Å²) in [5.41, 5.74) is 1.54. The number of aliphatic hydroxyl groups excluding tert-OH is 1. The number of hydrogen-bond acceptors (Lipinski definition) is 5. The van der Waals surface area contributed by atoms with Crippen LogP contribution in [0.5, 0.6) is 5.75 Å². The molecule has 3 N–H and O–H groups in total. The van der Waals surface area contributed by atoms with E-state index in [0.717, 1.165) is 12.8 Å². The van der Waals surface area contributed by atoms with E-state index in [-0.39, 0.29) is 42.8 Å². The summed E-state index contributed by atoms with van der Waals surface area (Å²) in [6, 6.07) is 13.6. The van der Waals surface area contributed by atoms with Crippen LogP contribution in [0.15, 0.2) is 48.5 Å². The number of benzene rings is 2. The van der Waals surface area contributed by atoms with Gasteiger partial charge in [0.1, 0.15) is 11.9 Å². The molecule has 3 atom stereocenters. The minimum absolute atomic E-state index is 0.0349. The van der Waals surface area contributed by atoms with E-state index in [2.05, 4.69) is 10.6 Å². The molecule has 2 aliphatic rings. The molecule has 9 nitrogen and oxygen atoms in total. The van der Waals surface area contributed by atoms with Gasteiger partial charge in [0.25, 0.3) is 5.91 Å². The van der Waals surface area contributed by atoms with Crippen molar-refractivity contribution in [2.75, 3.05) is 37.4 Å². The van der Waals surface area contributed by atoms with Gasteiger partial charge in [0.15, 0.2) is 0 Å². The first kappa shape index (κ1) is 25.5. The zero-order valence-electron chi connectivity index (χ0n) is 20.9. The Balaban J connectivity index is 1.57. The maximum Gasteiger partial charge on any atom is 0.321 e. The Bertz CT molecular complexity index is 1100. The quantitative estimate of drug-likeness (QED) is 0.546. The molecule has 1 aliphatic heterocycles. The van der Waals surface area contributed by atoms with E-state index in [1.54, 1.807) is 42.0 Å². The molecule has 0 bridgehead atoms. The van der Waals surface area contributed by atoms with Crippen molar-refractivity contribution in [3.8, 4) is 5.75 Å². The fraction of sp³-hybridized carbons (Fsp3) is 0.444. The molecule has 0 unspecified atom stereocenters. The van der Waals surface area contributed by atoms with Gasteiger partial charge in [0.2, 0.25) is 5.91 Å². The Morgan fingerprint density at radius 3 is 2.53 bits per heavy atom. The van der Waals surface area contributed by atoms with Crippen LogP contribution in [0.1, 0.15) is 37.0 Å². The van der Waals surface area contributed by atoms with E-state index < -0.39 is 12.1 Å². The molecule has 1 fully saturated rings. The lowest BCUT2D eigenvalue weighted by Crippen LogP contribution is -2.50. The third-order valence-electron chi connectivity index (χ3n) is 6.71. The number of rotatable bonds is 7. The third kappa shape index (κ3) is 5.96. The third-order valence-corrected chi connectivity index (χ3v) is 6.71. The molecule has 1 aliphatic carbocycles. The molecule has 0 radical (unpaired) electrons. The Morgan fingerprint density at radius 2 is 1.86 bits per heavy atom. The first-order chi connectivity index (χ1) is 17.3. The van der Waals surface area contributed by atoms with Crippen LogP contribution in [-0.4, -0.2) is 71.6 Å². The van der Waals surface area contributed by atoms with Gasteiger partial charge in [0.05, 0.1) is 24.8 Å². The van der Waals surface area contributed by atoms with Crippen LogP contribution in [0.4, 0.5) is 16.2 Å². The molecule has 1 saturated carbocycles. The van der Waals surface area contributed by atoms with Crippen molar-refractivity contribution in [1.82, 2.24) is 9.80 Å². The lowest BCUT2D eigenvalue weighted by molar-refractivity contribution is -0.117. The lowest BCUT2D eigenvalue weighted by Gasteiger charge is -2.38. The second kappa shape index (κ2) is 11.0. The normalized spacial score (nSPS) is 20.3.